The predicted molar refractivity (Wildman–Crippen MR) is 126 cm³/mol. The van der Waals surface area contributed by atoms with Crippen LogP contribution in [-0.2, 0) is 22.6 Å². The molecule has 1 amide bonds. The highest BCUT2D eigenvalue weighted by atomic mass is 16.5. The number of morpholine rings is 1. The molecule has 0 aliphatic carbocycles. The molecule has 0 saturated carbocycles. The minimum Gasteiger partial charge on any atom is -0.490 e. The van der Waals surface area contributed by atoms with Crippen molar-refractivity contribution in [1.29, 1.82) is 0 Å². The van der Waals surface area contributed by atoms with E-state index in [1.54, 1.807) is 19.5 Å². The van der Waals surface area contributed by atoms with Gasteiger partial charge in [0.25, 0.3) is 5.91 Å². The summed E-state index contributed by atoms with van der Waals surface area (Å²) in [6, 6.07) is 5.92. The summed E-state index contributed by atoms with van der Waals surface area (Å²) in [6.07, 6.45) is 3.59. The lowest BCUT2D eigenvalue weighted by molar-refractivity contribution is -0.151. The van der Waals surface area contributed by atoms with Crippen molar-refractivity contribution in [2.75, 3.05) is 46.6 Å². The number of ether oxygens (including phenoxy) is 4. The zero-order chi connectivity index (χ0) is 23.9. The first-order valence-corrected chi connectivity index (χ1v) is 11.9. The first kappa shape index (κ1) is 24.2. The van der Waals surface area contributed by atoms with Crippen LogP contribution in [0.25, 0.3) is 0 Å². The molecule has 0 N–H and O–H groups in total. The molecule has 1 aromatic carbocycles. The second kappa shape index (κ2) is 11.5. The molecule has 9 nitrogen and oxygen atoms in total. The van der Waals surface area contributed by atoms with E-state index in [2.05, 4.69) is 28.7 Å². The minimum absolute atomic E-state index is 0.00313. The van der Waals surface area contributed by atoms with Gasteiger partial charge in [-0.3, -0.25) is 14.7 Å². The van der Waals surface area contributed by atoms with Crippen LogP contribution in [0.4, 0.5) is 0 Å². The molecule has 2 aliphatic rings. The van der Waals surface area contributed by atoms with Gasteiger partial charge in [-0.15, -0.1) is 0 Å². The molecule has 1 saturated heterocycles. The van der Waals surface area contributed by atoms with Gasteiger partial charge in [0.1, 0.15) is 11.8 Å². The first-order valence-electron chi connectivity index (χ1n) is 11.9. The van der Waals surface area contributed by atoms with Crippen molar-refractivity contribution in [3.05, 3.63) is 41.9 Å². The minimum atomic E-state index is -0.532. The van der Waals surface area contributed by atoms with Gasteiger partial charge in [0.05, 0.1) is 26.9 Å². The Hall–Kier alpha value is -2.91. The highest BCUT2D eigenvalue weighted by Gasteiger charge is 2.31. The van der Waals surface area contributed by atoms with Crippen LogP contribution >= 0.6 is 0 Å². The average Bonchev–Trinajstić information content (AvgIpc) is 3.08. The Kier molecular flexibility index (Phi) is 8.18. The normalized spacial score (nSPS) is 18.4. The van der Waals surface area contributed by atoms with E-state index in [9.17, 15) is 4.79 Å². The van der Waals surface area contributed by atoms with Gasteiger partial charge in [0.2, 0.25) is 5.88 Å². The Labute approximate surface area is 201 Å². The standard InChI is InChI=1S/C25H34N4O5/c1-18(2)14-29(15-19-5-6-21-22(13-19)33-11-4-10-32-21)25(30)23-17-28(9-12-34-23)16-20-24(31-3)27-8-7-26-20/h5-8,13,18,23H,4,9-12,14-17H2,1-3H3. The number of methoxy groups -OCH3 is 1. The average molecular weight is 471 g/mol. The molecular weight excluding hydrogens is 436 g/mol. The van der Waals surface area contributed by atoms with Crippen LogP contribution < -0.4 is 14.2 Å². The first-order chi connectivity index (χ1) is 16.5. The van der Waals surface area contributed by atoms with Crippen LogP contribution in [0.3, 0.4) is 0 Å². The lowest BCUT2D eigenvalue weighted by Gasteiger charge is -2.35. The summed E-state index contributed by atoms with van der Waals surface area (Å²) >= 11 is 0. The van der Waals surface area contributed by atoms with Crippen molar-refractivity contribution >= 4 is 5.91 Å². The number of nitrogens with zero attached hydrogens (tertiary/aromatic N) is 4. The van der Waals surface area contributed by atoms with Gasteiger partial charge in [-0.2, -0.15) is 0 Å². The van der Waals surface area contributed by atoms with E-state index in [0.29, 0.717) is 57.8 Å². The fraction of sp³-hybridized carbons (Fsp3) is 0.560. The number of rotatable bonds is 8. The summed E-state index contributed by atoms with van der Waals surface area (Å²) in [7, 11) is 1.59. The maximum absolute atomic E-state index is 13.6. The molecule has 4 rings (SSSR count). The Morgan fingerprint density at radius 3 is 2.76 bits per heavy atom. The van der Waals surface area contributed by atoms with Gasteiger partial charge < -0.3 is 23.8 Å². The molecule has 0 radical (unpaired) electrons. The smallest absolute Gasteiger partial charge is 0.253 e. The summed E-state index contributed by atoms with van der Waals surface area (Å²) in [6.45, 7) is 8.90. The number of fused-ring (bicyclic) bond motifs is 1. The third-order valence-corrected chi connectivity index (χ3v) is 5.81. The molecule has 1 atom stereocenters. The molecule has 2 aliphatic heterocycles. The van der Waals surface area contributed by atoms with E-state index >= 15 is 0 Å². The van der Waals surface area contributed by atoms with Crippen molar-refractivity contribution in [2.24, 2.45) is 5.92 Å². The fourth-order valence-electron chi connectivity index (χ4n) is 4.24. The van der Waals surface area contributed by atoms with Gasteiger partial charge >= 0.3 is 0 Å². The Balaban J connectivity index is 1.45. The summed E-state index contributed by atoms with van der Waals surface area (Å²) < 4.78 is 22.8. The molecule has 184 valence electrons. The third-order valence-electron chi connectivity index (χ3n) is 5.81. The van der Waals surface area contributed by atoms with Crippen LogP contribution in [0.5, 0.6) is 17.4 Å². The van der Waals surface area contributed by atoms with Crippen molar-refractivity contribution in [2.45, 2.75) is 39.5 Å². The van der Waals surface area contributed by atoms with Gasteiger partial charge in [0, 0.05) is 51.5 Å². The zero-order valence-electron chi connectivity index (χ0n) is 20.2. The SMILES string of the molecule is COc1nccnc1CN1CCOC(C(=O)N(Cc2ccc3c(c2)OCCCO3)CC(C)C)C1. The van der Waals surface area contributed by atoms with Crippen LogP contribution in [0.1, 0.15) is 31.5 Å². The van der Waals surface area contributed by atoms with Crippen LogP contribution in [-0.4, -0.2) is 78.3 Å². The van der Waals surface area contributed by atoms with E-state index in [0.717, 1.165) is 35.7 Å². The van der Waals surface area contributed by atoms with Crippen LogP contribution in [0, 0.1) is 5.92 Å². The molecule has 1 fully saturated rings. The molecule has 1 aromatic heterocycles. The quantitative estimate of drug-likeness (QED) is 0.582. The summed E-state index contributed by atoms with van der Waals surface area (Å²) in [5, 5.41) is 0. The number of carbonyl (C=O) groups excluding carboxylic acids is 1. The number of hydrogen-bond donors (Lipinski definition) is 0. The monoisotopic (exact) mass is 470 g/mol. The highest BCUT2D eigenvalue weighted by molar-refractivity contribution is 5.81. The van der Waals surface area contributed by atoms with Crippen molar-refractivity contribution in [3.8, 4) is 17.4 Å². The van der Waals surface area contributed by atoms with Gasteiger partial charge in [-0.1, -0.05) is 19.9 Å². The molecule has 34 heavy (non-hydrogen) atoms. The van der Waals surface area contributed by atoms with Gasteiger partial charge in [-0.05, 0) is 23.6 Å². The van der Waals surface area contributed by atoms with Gasteiger partial charge in [0.15, 0.2) is 11.5 Å². The molecule has 9 heteroatoms. The number of hydrogen-bond acceptors (Lipinski definition) is 8. The molecule has 0 bridgehead atoms. The van der Waals surface area contributed by atoms with Crippen LogP contribution in [0.15, 0.2) is 30.6 Å². The second-order valence-corrected chi connectivity index (χ2v) is 9.05. The fourth-order valence-corrected chi connectivity index (χ4v) is 4.24. The lowest BCUT2D eigenvalue weighted by Crippen LogP contribution is -2.51. The predicted octanol–water partition coefficient (Wildman–Crippen LogP) is 2.53. The van der Waals surface area contributed by atoms with Gasteiger partial charge in [-0.25, -0.2) is 4.98 Å². The van der Waals surface area contributed by atoms with E-state index in [1.165, 1.54) is 0 Å². The zero-order valence-corrected chi connectivity index (χ0v) is 20.2. The summed E-state index contributed by atoms with van der Waals surface area (Å²) in [5.41, 5.74) is 1.76. The molecule has 0 spiro atoms. The highest BCUT2D eigenvalue weighted by Crippen LogP contribution is 2.31. The van der Waals surface area contributed by atoms with E-state index in [4.69, 9.17) is 18.9 Å². The lowest BCUT2D eigenvalue weighted by atomic mass is 10.1. The molecule has 3 heterocycles. The summed E-state index contributed by atoms with van der Waals surface area (Å²) in [4.78, 5) is 26.2. The Morgan fingerprint density at radius 1 is 1.18 bits per heavy atom. The van der Waals surface area contributed by atoms with E-state index < -0.39 is 6.10 Å². The molecular formula is C25H34N4O5. The number of carbonyl (C=O) groups is 1. The molecule has 1 unspecified atom stereocenters. The van der Waals surface area contributed by atoms with E-state index in [-0.39, 0.29) is 5.91 Å². The van der Waals surface area contributed by atoms with Crippen LogP contribution in [0.2, 0.25) is 0 Å². The van der Waals surface area contributed by atoms with E-state index in [1.807, 2.05) is 23.1 Å². The van der Waals surface area contributed by atoms with Crippen molar-refractivity contribution < 1.29 is 23.7 Å². The maximum atomic E-state index is 13.6. The molecule has 2 aromatic rings. The maximum Gasteiger partial charge on any atom is 0.253 e. The third kappa shape index (κ3) is 6.15. The van der Waals surface area contributed by atoms with Crippen molar-refractivity contribution in [3.63, 3.8) is 0 Å². The Morgan fingerprint density at radius 2 is 1.97 bits per heavy atom. The summed E-state index contributed by atoms with van der Waals surface area (Å²) in [5.74, 6) is 2.33. The number of amides is 1. The number of aromatic nitrogens is 2. The second-order valence-electron chi connectivity index (χ2n) is 9.05. The topological polar surface area (TPSA) is 86.3 Å². The number of benzene rings is 1. The largest absolute Gasteiger partial charge is 0.490 e. The van der Waals surface area contributed by atoms with Crippen molar-refractivity contribution in [1.82, 2.24) is 19.8 Å². The Bertz CT molecular complexity index is 970.